The molecule has 0 aliphatic heterocycles. The smallest absolute Gasteiger partial charge is 0.223 e. The van der Waals surface area contributed by atoms with Gasteiger partial charge in [-0.25, -0.2) is 0 Å². The molecule has 1 amide bonds. The van der Waals surface area contributed by atoms with Gasteiger partial charge < -0.3 is 15.4 Å². The molecule has 1 saturated carbocycles. The summed E-state index contributed by atoms with van der Waals surface area (Å²) in [6.45, 7) is 0.490. The molecule has 2 aromatic rings. The molecule has 0 unspecified atom stereocenters. The van der Waals surface area contributed by atoms with Crippen molar-refractivity contribution in [3.63, 3.8) is 0 Å². The molecule has 2 aromatic carbocycles. The van der Waals surface area contributed by atoms with E-state index in [9.17, 15) is 4.79 Å². The summed E-state index contributed by atoms with van der Waals surface area (Å²) in [5.41, 5.74) is 3.31. The molecule has 1 aliphatic rings. The Kier molecular flexibility index (Phi) is 9.34. The number of rotatable bonds is 7. The van der Waals surface area contributed by atoms with Gasteiger partial charge in [0.2, 0.25) is 5.91 Å². The fraction of sp³-hybridized carbons (Fsp3) is 0.435. The lowest BCUT2D eigenvalue weighted by Gasteiger charge is -2.27. The normalized spacial score (nSPS) is 18.6. The van der Waals surface area contributed by atoms with E-state index < -0.39 is 0 Å². The van der Waals surface area contributed by atoms with Gasteiger partial charge in [0.25, 0.3) is 0 Å². The number of hydrogen-bond acceptors (Lipinski definition) is 4. The number of ether oxygens (including phenoxy) is 1. The third kappa shape index (κ3) is 6.14. The number of nitrogens with one attached hydrogen (secondary N) is 2. The van der Waals surface area contributed by atoms with Crippen LogP contribution in [0.1, 0.15) is 31.2 Å². The van der Waals surface area contributed by atoms with Crippen molar-refractivity contribution in [1.29, 1.82) is 0 Å². The zero-order chi connectivity index (χ0) is 19.9. The number of carbonyl (C=O) groups is 1. The van der Waals surface area contributed by atoms with Gasteiger partial charge in [0.1, 0.15) is 5.75 Å². The van der Waals surface area contributed by atoms with Gasteiger partial charge in [-0.1, -0.05) is 18.2 Å². The summed E-state index contributed by atoms with van der Waals surface area (Å²) >= 11 is 1.73. The van der Waals surface area contributed by atoms with E-state index >= 15 is 0 Å². The minimum atomic E-state index is 0. The molecule has 1 fully saturated rings. The molecule has 0 aromatic heterocycles. The molecule has 4 nitrogen and oxygen atoms in total. The zero-order valence-corrected chi connectivity index (χ0v) is 19.0. The Labute approximate surface area is 184 Å². The molecule has 6 heteroatoms. The topological polar surface area (TPSA) is 50.4 Å². The van der Waals surface area contributed by atoms with Crippen LogP contribution >= 0.6 is 24.2 Å². The van der Waals surface area contributed by atoms with Gasteiger partial charge in [0.15, 0.2) is 0 Å². The predicted molar refractivity (Wildman–Crippen MR) is 124 cm³/mol. The molecular weight excluding hydrogens is 404 g/mol. The van der Waals surface area contributed by atoms with Crippen LogP contribution in [0.5, 0.6) is 5.75 Å². The highest BCUT2D eigenvalue weighted by molar-refractivity contribution is 7.98. The maximum Gasteiger partial charge on any atom is 0.223 e. The molecule has 2 N–H and O–H groups in total. The Hall–Kier alpha value is -1.69. The molecule has 0 bridgehead atoms. The SMILES string of the molecule is CNC1CCC(C(=O)NCc2cc(-c3cccc(SC)c3)ccc2OC)CC1.Cl. The first-order valence-corrected chi connectivity index (χ1v) is 11.1. The maximum absolute atomic E-state index is 12.6. The minimum Gasteiger partial charge on any atom is -0.496 e. The van der Waals surface area contributed by atoms with E-state index in [-0.39, 0.29) is 24.2 Å². The first kappa shape index (κ1) is 23.6. The lowest BCUT2D eigenvalue weighted by molar-refractivity contribution is -0.126. The molecule has 0 spiro atoms. The number of amides is 1. The Morgan fingerprint density at radius 3 is 2.48 bits per heavy atom. The summed E-state index contributed by atoms with van der Waals surface area (Å²) in [6.07, 6.45) is 6.13. The first-order valence-electron chi connectivity index (χ1n) is 9.91. The average Bonchev–Trinajstić information content (AvgIpc) is 2.77. The molecule has 158 valence electrons. The first-order chi connectivity index (χ1) is 13.6. The van der Waals surface area contributed by atoms with Crippen LogP contribution in [0.2, 0.25) is 0 Å². The van der Waals surface area contributed by atoms with Crippen LogP contribution in [0, 0.1) is 5.92 Å². The van der Waals surface area contributed by atoms with Crippen LogP contribution in [0.3, 0.4) is 0 Å². The van der Waals surface area contributed by atoms with Gasteiger partial charge in [-0.15, -0.1) is 24.2 Å². The Morgan fingerprint density at radius 2 is 1.83 bits per heavy atom. The van der Waals surface area contributed by atoms with Crippen molar-refractivity contribution >= 4 is 30.1 Å². The third-order valence-electron chi connectivity index (χ3n) is 5.64. The van der Waals surface area contributed by atoms with Crippen molar-refractivity contribution in [1.82, 2.24) is 10.6 Å². The molecule has 3 rings (SSSR count). The fourth-order valence-electron chi connectivity index (χ4n) is 3.87. The van der Waals surface area contributed by atoms with Crippen molar-refractivity contribution in [2.45, 2.75) is 43.2 Å². The van der Waals surface area contributed by atoms with Crippen molar-refractivity contribution in [3.05, 3.63) is 48.0 Å². The average molecular weight is 435 g/mol. The van der Waals surface area contributed by atoms with Crippen LogP contribution in [0.15, 0.2) is 47.4 Å². The molecular formula is C23H31ClN2O2S. The molecule has 0 saturated heterocycles. The summed E-state index contributed by atoms with van der Waals surface area (Å²) in [4.78, 5) is 13.9. The molecule has 1 aliphatic carbocycles. The van der Waals surface area contributed by atoms with Crippen LogP contribution in [-0.4, -0.2) is 32.4 Å². The monoisotopic (exact) mass is 434 g/mol. The second-order valence-corrected chi connectivity index (χ2v) is 8.19. The maximum atomic E-state index is 12.6. The summed E-state index contributed by atoms with van der Waals surface area (Å²) in [5, 5.41) is 6.45. The molecule has 0 heterocycles. The highest BCUT2D eigenvalue weighted by atomic mass is 35.5. The number of carbonyl (C=O) groups excluding carboxylic acids is 1. The van der Waals surface area contributed by atoms with Crippen molar-refractivity contribution < 1.29 is 9.53 Å². The fourth-order valence-corrected chi connectivity index (χ4v) is 4.33. The van der Waals surface area contributed by atoms with Gasteiger partial charge in [0.05, 0.1) is 7.11 Å². The lowest BCUT2D eigenvalue weighted by Crippen LogP contribution is -2.37. The summed E-state index contributed by atoms with van der Waals surface area (Å²) < 4.78 is 5.52. The molecule has 29 heavy (non-hydrogen) atoms. The number of hydrogen-bond donors (Lipinski definition) is 2. The summed E-state index contributed by atoms with van der Waals surface area (Å²) in [7, 11) is 3.67. The predicted octanol–water partition coefficient (Wildman–Crippen LogP) is 4.90. The van der Waals surface area contributed by atoms with Crippen LogP contribution in [-0.2, 0) is 11.3 Å². The Morgan fingerprint density at radius 1 is 1.10 bits per heavy atom. The largest absolute Gasteiger partial charge is 0.496 e. The molecule has 0 radical (unpaired) electrons. The number of benzene rings is 2. The number of thioether (sulfide) groups is 1. The van der Waals surface area contributed by atoms with E-state index in [1.54, 1.807) is 18.9 Å². The van der Waals surface area contributed by atoms with Crippen LogP contribution < -0.4 is 15.4 Å². The van der Waals surface area contributed by atoms with Gasteiger partial charge >= 0.3 is 0 Å². The number of methoxy groups -OCH3 is 1. The van der Waals surface area contributed by atoms with Gasteiger partial charge in [0, 0.05) is 29.0 Å². The Balaban J connectivity index is 0.00000300. The van der Waals surface area contributed by atoms with Crippen molar-refractivity contribution in [2.24, 2.45) is 5.92 Å². The van der Waals surface area contributed by atoms with E-state index in [4.69, 9.17) is 4.74 Å². The van der Waals surface area contributed by atoms with Gasteiger partial charge in [-0.2, -0.15) is 0 Å². The van der Waals surface area contributed by atoms with Gasteiger partial charge in [-0.05, 0) is 74.4 Å². The third-order valence-corrected chi connectivity index (χ3v) is 6.37. The second-order valence-electron chi connectivity index (χ2n) is 7.31. The Bertz CT molecular complexity index is 807. The van der Waals surface area contributed by atoms with E-state index in [2.05, 4.69) is 53.3 Å². The summed E-state index contributed by atoms with van der Waals surface area (Å²) in [5.74, 6) is 1.09. The van der Waals surface area contributed by atoms with Crippen molar-refractivity contribution in [2.75, 3.05) is 20.4 Å². The standard InChI is InChI=1S/C23H30N2O2S.ClH/c1-24-20-10-7-16(8-11-20)23(26)25-15-19-13-18(9-12-22(19)27-2)17-5-4-6-21(14-17)28-3;/h4-6,9,12-14,16,20,24H,7-8,10-11,15H2,1-3H3,(H,25,26);1H. The van der Waals surface area contributed by atoms with Crippen LogP contribution in [0.25, 0.3) is 11.1 Å². The van der Waals surface area contributed by atoms with E-state index in [0.29, 0.717) is 12.6 Å². The summed E-state index contributed by atoms with van der Waals surface area (Å²) in [6, 6.07) is 15.2. The van der Waals surface area contributed by atoms with E-state index in [1.807, 2.05) is 13.1 Å². The number of halogens is 1. The quantitative estimate of drug-likeness (QED) is 0.608. The van der Waals surface area contributed by atoms with Gasteiger partial charge in [-0.3, -0.25) is 4.79 Å². The highest BCUT2D eigenvalue weighted by Gasteiger charge is 2.25. The van der Waals surface area contributed by atoms with E-state index in [1.165, 1.54) is 10.5 Å². The second kappa shape index (κ2) is 11.5. The van der Waals surface area contributed by atoms with E-state index in [0.717, 1.165) is 42.6 Å². The van der Waals surface area contributed by atoms with Crippen molar-refractivity contribution in [3.8, 4) is 16.9 Å². The zero-order valence-electron chi connectivity index (χ0n) is 17.4. The van der Waals surface area contributed by atoms with Crippen LogP contribution in [0.4, 0.5) is 0 Å². The minimum absolute atomic E-state index is 0. The lowest BCUT2D eigenvalue weighted by atomic mass is 9.85. The highest BCUT2D eigenvalue weighted by Crippen LogP contribution is 2.29. The molecule has 0 atom stereocenters.